The fraction of sp³-hybridized carbons (Fsp3) is 0.282. The summed E-state index contributed by atoms with van der Waals surface area (Å²) in [6.45, 7) is 3.62. The molecule has 0 aromatic heterocycles. The quantitative estimate of drug-likeness (QED) is 0.123. The van der Waals surface area contributed by atoms with Gasteiger partial charge in [0.05, 0.1) is 0 Å². The van der Waals surface area contributed by atoms with Gasteiger partial charge in [-0.25, -0.2) is 8.78 Å². The van der Waals surface area contributed by atoms with Crippen molar-refractivity contribution < 1.29 is 8.78 Å². The van der Waals surface area contributed by atoms with Crippen molar-refractivity contribution in [1.29, 1.82) is 0 Å². The van der Waals surface area contributed by atoms with E-state index in [4.69, 9.17) is 0 Å². The molecule has 0 bridgehead atoms. The number of rotatable bonds is 12. The van der Waals surface area contributed by atoms with E-state index in [1.807, 2.05) is 86.6 Å². The zero-order valence-electron chi connectivity index (χ0n) is 24.2. The SMILES string of the molecule is CC#Cc1ccc(-c2ccc(CCCCCCCCCc3ccc(-c4ccc(C#CC)cc4)c(F)c3)cc2F)cc1. The molecule has 41 heavy (non-hydrogen) atoms. The van der Waals surface area contributed by atoms with Crippen molar-refractivity contribution in [3.05, 3.63) is 119 Å². The molecule has 0 atom stereocenters. The van der Waals surface area contributed by atoms with Crippen LogP contribution in [0, 0.1) is 35.3 Å². The Hall–Kier alpha value is -4.14. The van der Waals surface area contributed by atoms with Crippen molar-refractivity contribution in [3.63, 3.8) is 0 Å². The number of aryl methyl sites for hydroxylation is 2. The van der Waals surface area contributed by atoms with Crippen LogP contribution in [0.2, 0.25) is 0 Å². The molecule has 0 fully saturated rings. The molecule has 0 nitrogen and oxygen atoms in total. The maximum atomic E-state index is 14.8. The zero-order valence-corrected chi connectivity index (χ0v) is 24.2. The van der Waals surface area contributed by atoms with Gasteiger partial charge in [-0.1, -0.05) is 92.5 Å². The third-order valence-electron chi connectivity index (χ3n) is 7.43. The van der Waals surface area contributed by atoms with Crippen LogP contribution in [0.15, 0.2) is 84.9 Å². The molecular weight excluding hydrogens is 506 g/mol. The normalized spacial score (nSPS) is 10.4. The van der Waals surface area contributed by atoms with E-state index < -0.39 is 0 Å². The van der Waals surface area contributed by atoms with Crippen LogP contribution in [0.5, 0.6) is 0 Å². The molecule has 208 valence electrons. The number of hydrogen-bond acceptors (Lipinski definition) is 0. The second-order valence-electron chi connectivity index (χ2n) is 10.5. The van der Waals surface area contributed by atoms with Crippen molar-refractivity contribution in [1.82, 2.24) is 0 Å². The molecule has 0 radical (unpaired) electrons. The van der Waals surface area contributed by atoms with Gasteiger partial charge in [0.25, 0.3) is 0 Å². The third kappa shape index (κ3) is 8.93. The highest BCUT2D eigenvalue weighted by Gasteiger charge is 2.08. The highest BCUT2D eigenvalue weighted by molar-refractivity contribution is 5.66. The summed E-state index contributed by atoms with van der Waals surface area (Å²) in [6.07, 6.45) is 9.86. The average Bonchev–Trinajstić information content (AvgIpc) is 2.98. The van der Waals surface area contributed by atoms with Gasteiger partial charge < -0.3 is 0 Å². The minimum Gasteiger partial charge on any atom is -0.206 e. The number of unbranched alkanes of at least 4 members (excludes halogenated alkanes) is 6. The molecule has 0 aliphatic rings. The highest BCUT2D eigenvalue weighted by atomic mass is 19.1. The Labute approximate surface area is 244 Å². The van der Waals surface area contributed by atoms with Crippen LogP contribution in [0.25, 0.3) is 22.3 Å². The summed E-state index contributed by atoms with van der Waals surface area (Å²) in [5.41, 5.74) is 7.02. The van der Waals surface area contributed by atoms with Gasteiger partial charge in [-0.2, -0.15) is 0 Å². The van der Waals surface area contributed by atoms with Crippen LogP contribution in [-0.2, 0) is 12.8 Å². The van der Waals surface area contributed by atoms with Crippen LogP contribution < -0.4 is 0 Å². The summed E-state index contributed by atoms with van der Waals surface area (Å²) in [5.74, 6) is 11.5. The van der Waals surface area contributed by atoms with E-state index in [2.05, 4.69) is 23.7 Å². The van der Waals surface area contributed by atoms with E-state index in [0.29, 0.717) is 11.1 Å². The standard InChI is InChI=1S/C39H38F2/c1-3-12-30-16-22-34(23-17-30)36-26-20-32(28-38(36)40)14-10-8-6-5-7-9-11-15-33-21-27-37(39(41)29-33)35-24-18-31(13-4-2)19-25-35/h16-29H,5-11,14-15H2,1-2H3. The van der Waals surface area contributed by atoms with Gasteiger partial charge in [-0.05, 0) is 98.2 Å². The second-order valence-corrected chi connectivity index (χ2v) is 10.5. The van der Waals surface area contributed by atoms with Crippen molar-refractivity contribution in [2.75, 3.05) is 0 Å². The minimum atomic E-state index is -0.164. The lowest BCUT2D eigenvalue weighted by Gasteiger charge is -2.08. The fourth-order valence-electron chi connectivity index (χ4n) is 5.19. The zero-order chi connectivity index (χ0) is 28.9. The summed E-state index contributed by atoms with van der Waals surface area (Å²) >= 11 is 0. The van der Waals surface area contributed by atoms with Crippen LogP contribution >= 0.6 is 0 Å². The third-order valence-corrected chi connectivity index (χ3v) is 7.43. The van der Waals surface area contributed by atoms with E-state index >= 15 is 0 Å². The van der Waals surface area contributed by atoms with Crippen molar-refractivity contribution in [2.45, 2.75) is 71.6 Å². The number of benzene rings is 4. The number of hydrogen-bond donors (Lipinski definition) is 0. The smallest absolute Gasteiger partial charge is 0.131 e. The molecular formula is C39H38F2. The van der Waals surface area contributed by atoms with Crippen molar-refractivity contribution in [3.8, 4) is 45.9 Å². The minimum absolute atomic E-state index is 0.164. The second kappa shape index (κ2) is 15.6. The summed E-state index contributed by atoms with van der Waals surface area (Å²) in [6, 6.07) is 26.7. The first-order chi connectivity index (χ1) is 20.1. The van der Waals surface area contributed by atoms with Crippen LogP contribution in [-0.4, -0.2) is 0 Å². The molecule has 0 aliphatic carbocycles. The summed E-state index contributed by atoms with van der Waals surface area (Å²) < 4.78 is 29.5. The molecule has 0 unspecified atom stereocenters. The van der Waals surface area contributed by atoms with Gasteiger partial charge in [0, 0.05) is 22.3 Å². The molecule has 2 heteroatoms. The first kappa shape index (κ1) is 29.8. The largest absolute Gasteiger partial charge is 0.206 e. The molecule has 0 aliphatic heterocycles. The van der Waals surface area contributed by atoms with E-state index in [1.54, 1.807) is 12.1 Å². The first-order valence-corrected chi connectivity index (χ1v) is 14.7. The first-order valence-electron chi connectivity index (χ1n) is 14.7. The Bertz CT molecular complexity index is 1420. The van der Waals surface area contributed by atoms with Crippen molar-refractivity contribution in [2.24, 2.45) is 0 Å². The molecule has 0 saturated heterocycles. The van der Waals surface area contributed by atoms with Gasteiger partial charge in [0.1, 0.15) is 11.6 Å². The van der Waals surface area contributed by atoms with Crippen LogP contribution in [0.1, 0.15) is 81.0 Å². The van der Waals surface area contributed by atoms with Gasteiger partial charge in [-0.15, -0.1) is 11.8 Å². The van der Waals surface area contributed by atoms with E-state index in [9.17, 15) is 8.78 Å². The highest BCUT2D eigenvalue weighted by Crippen LogP contribution is 2.26. The lowest BCUT2D eigenvalue weighted by Crippen LogP contribution is -1.92. The predicted molar refractivity (Wildman–Crippen MR) is 169 cm³/mol. The van der Waals surface area contributed by atoms with Crippen LogP contribution in [0.3, 0.4) is 0 Å². The lowest BCUT2D eigenvalue weighted by atomic mass is 9.98. The monoisotopic (exact) mass is 544 g/mol. The summed E-state index contributed by atoms with van der Waals surface area (Å²) in [5, 5.41) is 0. The molecule has 0 amide bonds. The Morgan fingerprint density at radius 2 is 0.829 bits per heavy atom. The number of halogens is 2. The van der Waals surface area contributed by atoms with E-state index in [1.165, 1.54) is 19.3 Å². The summed E-state index contributed by atoms with van der Waals surface area (Å²) in [7, 11) is 0. The molecule has 0 heterocycles. The molecule has 0 N–H and O–H groups in total. The molecule has 0 saturated carbocycles. The van der Waals surface area contributed by atoms with Crippen molar-refractivity contribution >= 4 is 0 Å². The van der Waals surface area contributed by atoms with Gasteiger partial charge in [-0.3, -0.25) is 0 Å². The van der Waals surface area contributed by atoms with E-state index in [-0.39, 0.29) is 11.6 Å². The average molecular weight is 545 g/mol. The molecule has 4 aromatic rings. The van der Waals surface area contributed by atoms with Gasteiger partial charge in [0.2, 0.25) is 0 Å². The maximum absolute atomic E-state index is 14.8. The fourth-order valence-corrected chi connectivity index (χ4v) is 5.19. The van der Waals surface area contributed by atoms with E-state index in [0.717, 1.165) is 71.9 Å². The maximum Gasteiger partial charge on any atom is 0.131 e. The topological polar surface area (TPSA) is 0 Å². The lowest BCUT2D eigenvalue weighted by molar-refractivity contribution is 0.576. The molecule has 4 aromatic carbocycles. The van der Waals surface area contributed by atoms with Crippen LogP contribution in [0.4, 0.5) is 8.78 Å². The van der Waals surface area contributed by atoms with Gasteiger partial charge in [0.15, 0.2) is 0 Å². The Balaban J connectivity index is 1.11. The molecule has 4 rings (SSSR count). The van der Waals surface area contributed by atoms with Gasteiger partial charge >= 0.3 is 0 Å². The Morgan fingerprint density at radius 3 is 1.17 bits per heavy atom. The molecule has 0 spiro atoms. The summed E-state index contributed by atoms with van der Waals surface area (Å²) in [4.78, 5) is 0. The Morgan fingerprint density at radius 1 is 0.463 bits per heavy atom. The Kier molecular flexibility index (Phi) is 11.3. The predicted octanol–water partition coefficient (Wildman–Crippen LogP) is 10.6.